The molecule has 4 nitrogen and oxygen atoms in total. The molecule has 2 unspecified atom stereocenters. The molecule has 0 bridgehead atoms. The van der Waals surface area contributed by atoms with Crippen LogP contribution in [0.3, 0.4) is 0 Å². The van der Waals surface area contributed by atoms with Crippen LogP contribution >= 0.6 is 0 Å². The summed E-state index contributed by atoms with van der Waals surface area (Å²) in [4.78, 5) is 2.07. The largest absolute Gasteiger partial charge is 0.374 e. The molecule has 0 aromatic rings. The van der Waals surface area contributed by atoms with Crippen LogP contribution in [0.4, 0.5) is 0 Å². The van der Waals surface area contributed by atoms with Crippen molar-refractivity contribution < 1.29 is 4.74 Å². The average Bonchev–Trinajstić information content (AvgIpc) is 2.21. The van der Waals surface area contributed by atoms with E-state index < -0.39 is 0 Å². The highest BCUT2D eigenvalue weighted by molar-refractivity contribution is 4.90. The van der Waals surface area contributed by atoms with Gasteiger partial charge in [0.1, 0.15) is 0 Å². The normalized spacial score (nSPS) is 24.6. The first-order valence-electron chi connectivity index (χ1n) is 5.20. The van der Waals surface area contributed by atoms with E-state index in [0.717, 1.165) is 32.7 Å². The van der Waals surface area contributed by atoms with Gasteiger partial charge in [0.05, 0.1) is 24.8 Å². The minimum Gasteiger partial charge on any atom is -0.374 e. The smallest absolute Gasteiger partial charge is 0.0973 e. The fraction of sp³-hybridized carbons (Fsp3) is 0.900. The summed E-state index contributed by atoms with van der Waals surface area (Å²) in [5.41, 5.74) is 0. The second-order valence-electron chi connectivity index (χ2n) is 3.69. The van der Waals surface area contributed by atoms with E-state index in [2.05, 4.69) is 16.3 Å². The lowest BCUT2D eigenvalue weighted by molar-refractivity contribution is 0.00627. The van der Waals surface area contributed by atoms with E-state index >= 15 is 0 Å². The maximum atomic E-state index is 8.88. The molecule has 1 N–H and O–H groups in total. The van der Waals surface area contributed by atoms with Crippen molar-refractivity contribution in [2.45, 2.75) is 25.5 Å². The standard InChI is InChI=1S/C10H19N3O/c1-3-9(6-11)13(2)8-10-7-12-4-5-14-10/h9-10,12H,3-5,7-8H2,1-2H3. The van der Waals surface area contributed by atoms with E-state index in [-0.39, 0.29) is 12.1 Å². The fourth-order valence-corrected chi connectivity index (χ4v) is 1.69. The third-order valence-electron chi connectivity index (χ3n) is 2.56. The first-order valence-corrected chi connectivity index (χ1v) is 5.20. The molecule has 1 fully saturated rings. The maximum Gasteiger partial charge on any atom is 0.0973 e. The van der Waals surface area contributed by atoms with E-state index in [0.29, 0.717) is 0 Å². The maximum absolute atomic E-state index is 8.88. The topological polar surface area (TPSA) is 48.3 Å². The highest BCUT2D eigenvalue weighted by atomic mass is 16.5. The van der Waals surface area contributed by atoms with Crippen molar-refractivity contribution in [1.82, 2.24) is 10.2 Å². The number of rotatable bonds is 4. The van der Waals surface area contributed by atoms with E-state index in [1.807, 2.05) is 14.0 Å². The summed E-state index contributed by atoms with van der Waals surface area (Å²) in [7, 11) is 1.98. The number of ether oxygens (including phenoxy) is 1. The van der Waals surface area contributed by atoms with Crippen molar-refractivity contribution in [3.63, 3.8) is 0 Å². The van der Waals surface area contributed by atoms with Gasteiger partial charge < -0.3 is 10.1 Å². The average molecular weight is 197 g/mol. The SMILES string of the molecule is CCC(C#N)N(C)CC1CNCCO1. The van der Waals surface area contributed by atoms with Crippen molar-refractivity contribution in [3.8, 4) is 6.07 Å². The number of hydrogen-bond acceptors (Lipinski definition) is 4. The fourth-order valence-electron chi connectivity index (χ4n) is 1.69. The second-order valence-corrected chi connectivity index (χ2v) is 3.69. The first kappa shape index (κ1) is 11.4. The summed E-state index contributed by atoms with van der Waals surface area (Å²) < 4.78 is 5.57. The summed E-state index contributed by atoms with van der Waals surface area (Å²) in [5, 5.41) is 12.2. The molecule has 2 atom stereocenters. The molecule has 0 spiro atoms. The molecule has 80 valence electrons. The zero-order valence-corrected chi connectivity index (χ0v) is 8.99. The van der Waals surface area contributed by atoms with Crippen LogP contribution in [-0.2, 0) is 4.74 Å². The Kier molecular flexibility index (Phi) is 4.88. The van der Waals surface area contributed by atoms with Crippen LogP contribution in [0.1, 0.15) is 13.3 Å². The Bertz CT molecular complexity index is 196. The molecule has 0 aromatic carbocycles. The van der Waals surface area contributed by atoms with E-state index in [9.17, 15) is 0 Å². The van der Waals surface area contributed by atoms with Gasteiger partial charge in [-0.25, -0.2) is 0 Å². The van der Waals surface area contributed by atoms with Gasteiger partial charge in [0, 0.05) is 19.6 Å². The van der Waals surface area contributed by atoms with Gasteiger partial charge in [0.25, 0.3) is 0 Å². The Morgan fingerprint density at radius 2 is 2.50 bits per heavy atom. The summed E-state index contributed by atoms with van der Waals surface area (Å²) in [6.07, 6.45) is 1.10. The van der Waals surface area contributed by atoms with Crippen LogP contribution in [0.15, 0.2) is 0 Å². The predicted molar refractivity (Wildman–Crippen MR) is 54.9 cm³/mol. The lowest BCUT2D eigenvalue weighted by Gasteiger charge is -2.29. The zero-order chi connectivity index (χ0) is 10.4. The van der Waals surface area contributed by atoms with Gasteiger partial charge >= 0.3 is 0 Å². The molecule has 14 heavy (non-hydrogen) atoms. The number of likely N-dealkylation sites (N-methyl/N-ethyl adjacent to an activating group) is 1. The minimum atomic E-state index is 0.0144. The Morgan fingerprint density at radius 1 is 1.71 bits per heavy atom. The van der Waals surface area contributed by atoms with Crippen molar-refractivity contribution in [2.24, 2.45) is 0 Å². The van der Waals surface area contributed by atoms with Crippen LogP contribution in [-0.4, -0.2) is 50.3 Å². The zero-order valence-electron chi connectivity index (χ0n) is 8.99. The van der Waals surface area contributed by atoms with Crippen LogP contribution < -0.4 is 5.32 Å². The Hall–Kier alpha value is -0.630. The highest BCUT2D eigenvalue weighted by Gasteiger charge is 2.19. The number of nitrogens with zero attached hydrogens (tertiary/aromatic N) is 2. The third kappa shape index (κ3) is 3.26. The molecule has 0 saturated carbocycles. The second kappa shape index (κ2) is 5.97. The van der Waals surface area contributed by atoms with Crippen LogP contribution in [0.2, 0.25) is 0 Å². The molecule has 1 aliphatic rings. The van der Waals surface area contributed by atoms with Gasteiger partial charge in [-0.3, -0.25) is 4.90 Å². The molecular weight excluding hydrogens is 178 g/mol. The molecular formula is C10H19N3O. The van der Waals surface area contributed by atoms with Crippen LogP contribution in [0.25, 0.3) is 0 Å². The van der Waals surface area contributed by atoms with Crippen molar-refractivity contribution >= 4 is 0 Å². The van der Waals surface area contributed by atoms with Crippen LogP contribution in [0, 0.1) is 11.3 Å². The predicted octanol–water partition coefficient (Wildman–Crippen LogP) is 0.209. The lowest BCUT2D eigenvalue weighted by atomic mass is 10.2. The molecule has 0 aliphatic carbocycles. The minimum absolute atomic E-state index is 0.0144. The molecule has 0 aromatic heterocycles. The van der Waals surface area contributed by atoms with Gasteiger partial charge in [-0.1, -0.05) is 6.92 Å². The molecule has 1 rings (SSSR count). The quantitative estimate of drug-likeness (QED) is 0.700. The molecule has 1 heterocycles. The van der Waals surface area contributed by atoms with Gasteiger partial charge in [0.15, 0.2) is 0 Å². The summed E-state index contributed by atoms with van der Waals surface area (Å²) in [6.45, 7) is 5.48. The first-order chi connectivity index (χ1) is 6.77. The lowest BCUT2D eigenvalue weighted by Crippen LogP contribution is -2.46. The highest BCUT2D eigenvalue weighted by Crippen LogP contribution is 2.04. The number of morpholine rings is 1. The summed E-state index contributed by atoms with van der Waals surface area (Å²) in [6, 6.07) is 2.31. The van der Waals surface area contributed by atoms with E-state index in [1.54, 1.807) is 0 Å². The van der Waals surface area contributed by atoms with Gasteiger partial charge in [0.2, 0.25) is 0 Å². The Balaban J connectivity index is 2.31. The van der Waals surface area contributed by atoms with Gasteiger partial charge in [-0.15, -0.1) is 0 Å². The monoisotopic (exact) mass is 197 g/mol. The molecule has 1 saturated heterocycles. The molecule has 0 radical (unpaired) electrons. The van der Waals surface area contributed by atoms with Crippen molar-refractivity contribution in [2.75, 3.05) is 33.3 Å². The van der Waals surface area contributed by atoms with E-state index in [4.69, 9.17) is 10.00 Å². The Labute approximate surface area is 85.8 Å². The third-order valence-corrected chi connectivity index (χ3v) is 2.56. The molecule has 1 aliphatic heterocycles. The molecule has 4 heteroatoms. The summed E-state index contributed by atoms with van der Waals surface area (Å²) >= 11 is 0. The Morgan fingerprint density at radius 3 is 3.00 bits per heavy atom. The number of nitriles is 1. The van der Waals surface area contributed by atoms with Crippen LogP contribution in [0.5, 0.6) is 0 Å². The van der Waals surface area contributed by atoms with Gasteiger partial charge in [-0.2, -0.15) is 5.26 Å². The number of hydrogen-bond donors (Lipinski definition) is 1. The van der Waals surface area contributed by atoms with Crippen molar-refractivity contribution in [3.05, 3.63) is 0 Å². The van der Waals surface area contributed by atoms with Crippen molar-refractivity contribution in [1.29, 1.82) is 5.26 Å². The number of nitrogens with one attached hydrogen (secondary N) is 1. The van der Waals surface area contributed by atoms with Gasteiger partial charge in [-0.05, 0) is 13.5 Å². The molecule has 0 amide bonds. The van der Waals surface area contributed by atoms with E-state index in [1.165, 1.54) is 0 Å². The summed E-state index contributed by atoms with van der Waals surface area (Å²) in [5.74, 6) is 0.